The number of aryl methyl sites for hydroxylation is 2. The number of aromatic nitrogens is 2. The van der Waals surface area contributed by atoms with Crippen molar-refractivity contribution in [3.63, 3.8) is 0 Å². The predicted molar refractivity (Wildman–Crippen MR) is 91.9 cm³/mol. The Balaban J connectivity index is 1.62. The SMILES string of the molecule is Cc1cc(-c2nnc(NC(=O)c3cc4ccccc4oc3=O)o2)c(C)o1. The van der Waals surface area contributed by atoms with Crippen LogP contribution in [0.1, 0.15) is 21.9 Å². The van der Waals surface area contributed by atoms with Gasteiger partial charge in [0.05, 0.1) is 5.56 Å². The number of amides is 1. The van der Waals surface area contributed by atoms with Crippen LogP contribution in [-0.4, -0.2) is 16.1 Å². The van der Waals surface area contributed by atoms with E-state index >= 15 is 0 Å². The highest BCUT2D eigenvalue weighted by atomic mass is 16.4. The average Bonchev–Trinajstić information content (AvgIpc) is 3.19. The second-order valence-corrected chi connectivity index (χ2v) is 5.68. The molecule has 1 amide bonds. The van der Waals surface area contributed by atoms with E-state index in [0.29, 0.717) is 28.1 Å². The van der Waals surface area contributed by atoms with Crippen molar-refractivity contribution >= 4 is 22.9 Å². The van der Waals surface area contributed by atoms with Gasteiger partial charge in [0.25, 0.3) is 11.8 Å². The molecule has 0 saturated heterocycles. The maximum absolute atomic E-state index is 12.4. The number of hydrogen-bond acceptors (Lipinski definition) is 7. The fourth-order valence-electron chi connectivity index (χ4n) is 2.61. The van der Waals surface area contributed by atoms with Crippen molar-refractivity contribution in [3.8, 4) is 11.5 Å². The smallest absolute Gasteiger partial charge is 0.349 e. The predicted octanol–water partition coefficient (Wildman–Crippen LogP) is 3.31. The molecule has 0 aliphatic rings. The number of hydrogen-bond donors (Lipinski definition) is 1. The van der Waals surface area contributed by atoms with Gasteiger partial charge in [-0.2, -0.15) is 0 Å². The molecule has 26 heavy (non-hydrogen) atoms. The van der Waals surface area contributed by atoms with E-state index in [1.54, 1.807) is 44.2 Å². The first-order valence-corrected chi connectivity index (χ1v) is 7.76. The van der Waals surface area contributed by atoms with Gasteiger partial charge in [0.2, 0.25) is 0 Å². The third-order valence-corrected chi connectivity index (χ3v) is 3.80. The number of furan rings is 1. The first-order valence-electron chi connectivity index (χ1n) is 7.76. The maximum Gasteiger partial charge on any atom is 0.349 e. The Kier molecular flexibility index (Phi) is 3.65. The highest BCUT2D eigenvalue weighted by Crippen LogP contribution is 2.26. The van der Waals surface area contributed by atoms with E-state index in [9.17, 15) is 9.59 Å². The van der Waals surface area contributed by atoms with Gasteiger partial charge in [-0.05, 0) is 32.0 Å². The van der Waals surface area contributed by atoms with Crippen LogP contribution < -0.4 is 10.9 Å². The molecule has 0 atom stereocenters. The first kappa shape index (κ1) is 15.8. The Labute approximate surface area is 146 Å². The summed E-state index contributed by atoms with van der Waals surface area (Å²) in [6.07, 6.45) is 0. The standard InChI is InChI=1S/C18H13N3O5/c1-9-7-12(10(2)24-9)16-20-21-18(26-16)19-15(22)13-8-11-5-3-4-6-14(11)25-17(13)23/h3-8H,1-2H3,(H,19,21,22). The van der Waals surface area contributed by atoms with Crippen molar-refractivity contribution in [1.82, 2.24) is 10.2 Å². The van der Waals surface area contributed by atoms with Gasteiger partial charge in [-0.1, -0.05) is 23.3 Å². The Bertz CT molecular complexity index is 1180. The van der Waals surface area contributed by atoms with E-state index in [1.807, 2.05) is 0 Å². The lowest BCUT2D eigenvalue weighted by atomic mass is 10.2. The number of carbonyl (C=O) groups is 1. The second kappa shape index (κ2) is 5.99. The summed E-state index contributed by atoms with van der Waals surface area (Å²) in [5, 5.41) is 10.7. The largest absolute Gasteiger partial charge is 0.466 e. The van der Waals surface area contributed by atoms with Crippen molar-refractivity contribution < 1.29 is 18.0 Å². The van der Waals surface area contributed by atoms with Crippen LogP contribution >= 0.6 is 0 Å². The van der Waals surface area contributed by atoms with Gasteiger partial charge in [0.1, 0.15) is 22.7 Å². The summed E-state index contributed by atoms with van der Waals surface area (Å²) in [4.78, 5) is 24.4. The molecule has 0 spiro atoms. The molecule has 0 saturated carbocycles. The Morgan fingerprint density at radius 3 is 2.62 bits per heavy atom. The molecule has 0 bridgehead atoms. The molecule has 1 N–H and O–H groups in total. The van der Waals surface area contributed by atoms with Crippen LogP contribution in [0.3, 0.4) is 0 Å². The first-order chi connectivity index (χ1) is 12.5. The lowest BCUT2D eigenvalue weighted by Gasteiger charge is -2.01. The van der Waals surface area contributed by atoms with E-state index < -0.39 is 11.5 Å². The van der Waals surface area contributed by atoms with Crippen molar-refractivity contribution in [2.24, 2.45) is 0 Å². The highest BCUT2D eigenvalue weighted by molar-refractivity contribution is 6.04. The average molecular weight is 351 g/mol. The van der Waals surface area contributed by atoms with Crippen LogP contribution in [0.15, 0.2) is 54.4 Å². The molecule has 3 aromatic heterocycles. The normalized spacial score (nSPS) is 11.0. The monoisotopic (exact) mass is 351 g/mol. The summed E-state index contributed by atoms with van der Waals surface area (Å²) >= 11 is 0. The van der Waals surface area contributed by atoms with Crippen molar-refractivity contribution in [2.75, 3.05) is 5.32 Å². The van der Waals surface area contributed by atoms with Gasteiger partial charge in [-0.3, -0.25) is 10.1 Å². The topological polar surface area (TPSA) is 111 Å². The third kappa shape index (κ3) is 2.77. The molecular formula is C18H13N3O5. The molecule has 130 valence electrons. The lowest BCUT2D eigenvalue weighted by molar-refractivity contribution is 0.102. The minimum atomic E-state index is -0.748. The number of benzene rings is 1. The fourth-order valence-corrected chi connectivity index (χ4v) is 2.61. The van der Waals surface area contributed by atoms with Gasteiger partial charge in [0.15, 0.2) is 0 Å². The van der Waals surface area contributed by atoms with Crippen molar-refractivity contribution in [3.05, 3.63) is 63.9 Å². The maximum atomic E-state index is 12.4. The van der Waals surface area contributed by atoms with Crippen LogP contribution in [0.25, 0.3) is 22.4 Å². The van der Waals surface area contributed by atoms with Crippen LogP contribution in [0.4, 0.5) is 6.01 Å². The molecule has 0 fully saturated rings. The Hall–Kier alpha value is -3.68. The number of nitrogens with zero attached hydrogens (tertiary/aromatic N) is 2. The fraction of sp³-hybridized carbons (Fsp3) is 0.111. The number of fused-ring (bicyclic) bond motifs is 1. The summed E-state index contributed by atoms with van der Waals surface area (Å²) in [5.74, 6) is 0.842. The van der Waals surface area contributed by atoms with Gasteiger partial charge in [0, 0.05) is 5.39 Å². The number of anilines is 1. The third-order valence-electron chi connectivity index (χ3n) is 3.80. The highest BCUT2D eigenvalue weighted by Gasteiger charge is 2.19. The zero-order valence-electron chi connectivity index (χ0n) is 13.9. The van der Waals surface area contributed by atoms with Crippen LogP contribution in [0, 0.1) is 13.8 Å². The summed E-state index contributed by atoms with van der Waals surface area (Å²) in [6, 6.07) is 10.00. The molecular weight excluding hydrogens is 338 g/mol. The van der Waals surface area contributed by atoms with Crippen molar-refractivity contribution in [2.45, 2.75) is 13.8 Å². The molecule has 0 aliphatic heterocycles. The molecule has 8 heteroatoms. The molecule has 4 aromatic rings. The van der Waals surface area contributed by atoms with Crippen LogP contribution in [-0.2, 0) is 0 Å². The van der Waals surface area contributed by atoms with Crippen molar-refractivity contribution in [1.29, 1.82) is 0 Å². The molecule has 0 aliphatic carbocycles. The van der Waals surface area contributed by atoms with Crippen LogP contribution in [0.2, 0.25) is 0 Å². The zero-order valence-corrected chi connectivity index (χ0v) is 13.9. The van der Waals surface area contributed by atoms with Gasteiger partial charge >= 0.3 is 11.6 Å². The van der Waals surface area contributed by atoms with E-state index in [4.69, 9.17) is 13.3 Å². The summed E-state index contributed by atoms with van der Waals surface area (Å²) in [5.41, 5.74) is 0.140. The van der Waals surface area contributed by atoms with Gasteiger partial charge in [-0.15, -0.1) is 5.10 Å². The Morgan fingerprint density at radius 1 is 1.04 bits per heavy atom. The molecule has 4 rings (SSSR count). The molecule has 0 unspecified atom stereocenters. The quantitative estimate of drug-likeness (QED) is 0.564. The molecule has 3 heterocycles. The number of para-hydroxylation sites is 1. The Morgan fingerprint density at radius 2 is 1.85 bits per heavy atom. The van der Waals surface area contributed by atoms with E-state index in [0.717, 1.165) is 0 Å². The van der Waals surface area contributed by atoms with Crippen LogP contribution in [0.5, 0.6) is 0 Å². The summed E-state index contributed by atoms with van der Waals surface area (Å²) in [6.45, 7) is 3.57. The zero-order chi connectivity index (χ0) is 18.3. The minimum Gasteiger partial charge on any atom is -0.466 e. The molecule has 0 radical (unpaired) electrons. The number of rotatable bonds is 3. The molecule has 8 nitrogen and oxygen atoms in total. The lowest BCUT2D eigenvalue weighted by Crippen LogP contribution is -2.20. The van der Waals surface area contributed by atoms with E-state index in [1.165, 1.54) is 6.07 Å². The summed E-state index contributed by atoms with van der Waals surface area (Å²) in [7, 11) is 0. The van der Waals surface area contributed by atoms with Gasteiger partial charge < -0.3 is 13.3 Å². The summed E-state index contributed by atoms with van der Waals surface area (Å²) < 4.78 is 16.0. The number of nitrogens with one attached hydrogen (secondary N) is 1. The second-order valence-electron chi connectivity index (χ2n) is 5.68. The van der Waals surface area contributed by atoms with E-state index in [2.05, 4.69) is 15.5 Å². The van der Waals surface area contributed by atoms with Gasteiger partial charge in [-0.25, -0.2) is 4.79 Å². The van der Waals surface area contributed by atoms with E-state index in [-0.39, 0.29) is 17.5 Å². The minimum absolute atomic E-state index is 0.129. The molecule has 1 aromatic carbocycles. The number of carbonyl (C=O) groups excluding carboxylic acids is 1.